The van der Waals surface area contributed by atoms with Gasteiger partial charge in [0.25, 0.3) is 11.8 Å². The van der Waals surface area contributed by atoms with Crippen LogP contribution < -0.4 is 10.6 Å². The lowest BCUT2D eigenvalue weighted by Gasteiger charge is -2.37. The van der Waals surface area contributed by atoms with Crippen molar-refractivity contribution < 1.29 is 28.8 Å². The van der Waals surface area contributed by atoms with E-state index in [0.29, 0.717) is 76.1 Å². The number of nitrogens with one attached hydrogen (secondary N) is 2. The molecule has 12 nitrogen and oxygen atoms in total. The van der Waals surface area contributed by atoms with Crippen LogP contribution in [0.5, 0.6) is 0 Å². The standard InChI is InChI=1S/C62H84N6O6/c1-11-43(3)55(69)63-53(61(5,6)7)59(73)67-36-20-28-51(67)41-65(38-34-45-22-15-13-16-23-45)57(71)48-32-30-47(31-33-48)49-26-19-27-50(40-49)58(72)66(39-35-46-24-17-14-18-25-46)42-52-29-21-37-68(52)60(74)54(62(8,9)10)64-56(70)44(4)12-2/h13-19,22-27,30-33,40,43-44,51-54H,11-12,20-21,28-29,34-39,41-42H2,1-10H3,(H,63,69)(H,64,70)/t43-,44-,51+,52+,53-,54-/m1/s1. The van der Waals surface area contributed by atoms with Gasteiger partial charge >= 0.3 is 0 Å². The Labute approximate surface area is 442 Å². The van der Waals surface area contributed by atoms with Gasteiger partial charge in [0, 0.05) is 74.3 Å². The molecule has 4 aromatic rings. The summed E-state index contributed by atoms with van der Waals surface area (Å²) in [6.45, 7) is 22.3. The Morgan fingerprint density at radius 3 is 1.36 bits per heavy atom. The fraction of sp³-hybridized carbons (Fsp3) is 0.516. The summed E-state index contributed by atoms with van der Waals surface area (Å²) in [6, 6.07) is 33.5. The molecule has 0 spiro atoms. The lowest BCUT2D eigenvalue weighted by molar-refractivity contribution is -0.141. The predicted molar refractivity (Wildman–Crippen MR) is 295 cm³/mol. The Kier molecular flexibility index (Phi) is 19.8. The number of hydrogen-bond acceptors (Lipinski definition) is 6. The average molecular weight is 1010 g/mol. The highest BCUT2D eigenvalue weighted by Crippen LogP contribution is 2.30. The molecular weight excluding hydrogens is 925 g/mol. The minimum Gasteiger partial charge on any atom is -0.344 e. The van der Waals surface area contributed by atoms with E-state index >= 15 is 0 Å². The van der Waals surface area contributed by atoms with Crippen LogP contribution in [0, 0.1) is 22.7 Å². The van der Waals surface area contributed by atoms with Gasteiger partial charge in [0.05, 0.1) is 0 Å². The molecule has 2 fully saturated rings. The van der Waals surface area contributed by atoms with E-state index in [0.717, 1.165) is 47.9 Å². The Bertz CT molecular complexity index is 2520. The van der Waals surface area contributed by atoms with Gasteiger partial charge in [0.15, 0.2) is 0 Å². The van der Waals surface area contributed by atoms with Gasteiger partial charge in [0.2, 0.25) is 23.6 Å². The molecule has 6 rings (SSSR count). The number of rotatable bonds is 21. The van der Waals surface area contributed by atoms with Crippen molar-refractivity contribution in [3.63, 3.8) is 0 Å². The van der Waals surface area contributed by atoms with Crippen LogP contribution in [0.3, 0.4) is 0 Å². The van der Waals surface area contributed by atoms with E-state index in [1.54, 1.807) is 0 Å². The van der Waals surface area contributed by atoms with Crippen molar-refractivity contribution >= 4 is 35.4 Å². The first-order valence-electron chi connectivity index (χ1n) is 27.3. The molecule has 4 aromatic carbocycles. The third-order valence-corrected chi connectivity index (χ3v) is 15.3. The summed E-state index contributed by atoms with van der Waals surface area (Å²) in [5.74, 6) is -1.17. The van der Waals surface area contributed by atoms with Gasteiger partial charge in [0.1, 0.15) is 12.1 Å². The highest BCUT2D eigenvalue weighted by Gasteiger charge is 2.42. The molecule has 2 aliphatic rings. The molecule has 398 valence electrons. The normalized spacial score (nSPS) is 17.5. The predicted octanol–water partition coefficient (Wildman–Crippen LogP) is 9.86. The van der Waals surface area contributed by atoms with Crippen LogP contribution >= 0.6 is 0 Å². The molecule has 0 radical (unpaired) electrons. The van der Waals surface area contributed by atoms with Crippen LogP contribution in [0.2, 0.25) is 0 Å². The van der Waals surface area contributed by atoms with Crippen LogP contribution in [0.15, 0.2) is 109 Å². The largest absolute Gasteiger partial charge is 0.344 e. The maximum absolute atomic E-state index is 14.8. The Balaban J connectivity index is 1.22. The highest BCUT2D eigenvalue weighted by molar-refractivity contribution is 5.97. The van der Waals surface area contributed by atoms with Crippen LogP contribution in [0.25, 0.3) is 11.1 Å². The molecule has 0 unspecified atom stereocenters. The minimum atomic E-state index is -0.704. The average Bonchev–Trinajstić information content (AvgIpc) is 4.08. The van der Waals surface area contributed by atoms with E-state index in [-0.39, 0.29) is 59.4 Å². The second-order valence-corrected chi connectivity index (χ2v) is 23.0. The molecular formula is C62H84N6O6. The molecule has 6 atom stereocenters. The number of hydrogen-bond donors (Lipinski definition) is 2. The van der Waals surface area contributed by atoms with Gasteiger partial charge in [-0.05, 0) is 109 Å². The van der Waals surface area contributed by atoms with Crippen molar-refractivity contribution in [2.24, 2.45) is 22.7 Å². The van der Waals surface area contributed by atoms with Crippen molar-refractivity contribution in [1.82, 2.24) is 30.2 Å². The molecule has 74 heavy (non-hydrogen) atoms. The number of amides is 6. The Morgan fingerprint density at radius 2 is 0.959 bits per heavy atom. The molecule has 0 saturated carbocycles. The summed E-state index contributed by atoms with van der Waals surface area (Å²) in [4.78, 5) is 92.1. The minimum absolute atomic E-state index is 0.111. The Morgan fingerprint density at radius 1 is 0.541 bits per heavy atom. The number of carbonyl (C=O) groups excluding carboxylic acids is 6. The summed E-state index contributed by atoms with van der Waals surface area (Å²) < 4.78 is 0. The topological polar surface area (TPSA) is 139 Å². The third kappa shape index (κ3) is 14.9. The summed E-state index contributed by atoms with van der Waals surface area (Å²) in [7, 11) is 0. The summed E-state index contributed by atoms with van der Waals surface area (Å²) in [6.07, 6.45) is 5.76. The van der Waals surface area contributed by atoms with Crippen molar-refractivity contribution in [2.45, 2.75) is 145 Å². The van der Waals surface area contributed by atoms with Crippen molar-refractivity contribution in [3.05, 3.63) is 131 Å². The maximum atomic E-state index is 14.8. The van der Waals surface area contributed by atoms with Gasteiger partial charge < -0.3 is 30.2 Å². The van der Waals surface area contributed by atoms with E-state index in [1.807, 2.05) is 174 Å². The number of benzene rings is 4. The molecule has 2 heterocycles. The number of likely N-dealkylation sites (tertiary alicyclic amines) is 2. The van der Waals surface area contributed by atoms with Gasteiger partial charge in [-0.2, -0.15) is 0 Å². The molecule has 2 saturated heterocycles. The van der Waals surface area contributed by atoms with Gasteiger partial charge in [-0.25, -0.2) is 0 Å². The second-order valence-electron chi connectivity index (χ2n) is 23.0. The van der Waals surface area contributed by atoms with E-state index in [2.05, 4.69) is 34.9 Å². The summed E-state index contributed by atoms with van der Waals surface area (Å²) in [5, 5.41) is 6.16. The molecule has 0 aliphatic carbocycles. The zero-order valence-electron chi connectivity index (χ0n) is 46.0. The third-order valence-electron chi connectivity index (χ3n) is 15.3. The molecule has 0 bridgehead atoms. The fourth-order valence-corrected chi connectivity index (χ4v) is 10.1. The SMILES string of the molecule is CC[C@@H](C)C(=O)N[C@H](C(=O)N1CCC[C@H]1CN(CCc1ccccc1)C(=O)c1ccc(-c2cccc(C(=O)N(CCc3ccccc3)C[C@@H]3CCCN3C(=O)[C@@H](NC(=O)[C@H](C)CC)C(C)(C)C)c2)cc1)C(C)(C)C. The fourth-order valence-electron chi connectivity index (χ4n) is 10.1. The quantitative estimate of drug-likeness (QED) is 0.0853. The highest BCUT2D eigenvalue weighted by atomic mass is 16.2. The summed E-state index contributed by atoms with van der Waals surface area (Å²) in [5.41, 5.74) is 3.91. The first-order chi connectivity index (χ1) is 35.2. The summed E-state index contributed by atoms with van der Waals surface area (Å²) >= 11 is 0. The first-order valence-corrected chi connectivity index (χ1v) is 27.3. The van der Waals surface area contributed by atoms with E-state index in [1.165, 1.54) is 0 Å². The van der Waals surface area contributed by atoms with Gasteiger partial charge in [-0.3, -0.25) is 28.8 Å². The molecule has 12 heteroatoms. The molecule has 6 amide bonds. The lowest BCUT2D eigenvalue weighted by Crippen LogP contribution is -2.57. The molecule has 2 N–H and O–H groups in total. The van der Waals surface area contributed by atoms with Crippen LogP contribution in [0.1, 0.15) is 140 Å². The van der Waals surface area contributed by atoms with Crippen LogP contribution in [-0.2, 0) is 32.0 Å². The van der Waals surface area contributed by atoms with Crippen molar-refractivity contribution in [1.29, 1.82) is 0 Å². The maximum Gasteiger partial charge on any atom is 0.253 e. The zero-order valence-corrected chi connectivity index (χ0v) is 46.0. The van der Waals surface area contributed by atoms with Crippen LogP contribution in [0.4, 0.5) is 0 Å². The Hall–Kier alpha value is -6.30. The smallest absolute Gasteiger partial charge is 0.253 e. The van der Waals surface area contributed by atoms with Crippen molar-refractivity contribution in [2.75, 3.05) is 39.3 Å². The first kappa shape index (κ1) is 57.0. The second kappa shape index (κ2) is 25.8. The molecule has 0 aromatic heterocycles. The van der Waals surface area contributed by atoms with Gasteiger partial charge in [-0.15, -0.1) is 0 Å². The van der Waals surface area contributed by atoms with Crippen molar-refractivity contribution in [3.8, 4) is 11.1 Å². The molecule has 2 aliphatic heterocycles. The van der Waals surface area contributed by atoms with Gasteiger partial charge in [-0.1, -0.05) is 154 Å². The lowest BCUT2D eigenvalue weighted by atomic mass is 9.85. The van der Waals surface area contributed by atoms with E-state index in [4.69, 9.17) is 0 Å². The zero-order chi connectivity index (χ0) is 53.7. The van der Waals surface area contributed by atoms with E-state index in [9.17, 15) is 28.8 Å². The monoisotopic (exact) mass is 1010 g/mol. The number of nitrogens with zero attached hydrogens (tertiary/aromatic N) is 4. The van der Waals surface area contributed by atoms with Crippen LogP contribution in [-0.4, -0.2) is 118 Å². The van der Waals surface area contributed by atoms with E-state index < -0.39 is 22.9 Å². The number of carbonyl (C=O) groups is 6.